The molecule has 0 radical (unpaired) electrons. The third kappa shape index (κ3) is 2.99. The Morgan fingerprint density at radius 3 is 2.95 bits per heavy atom. The molecular formula is C14H18N4O. The van der Waals surface area contributed by atoms with Crippen molar-refractivity contribution < 1.29 is 4.79 Å². The van der Waals surface area contributed by atoms with Crippen LogP contribution in [0.2, 0.25) is 0 Å². The normalized spacial score (nSPS) is 12.3. The summed E-state index contributed by atoms with van der Waals surface area (Å²) < 4.78 is 1.88. The maximum atomic E-state index is 12.1. The van der Waals surface area contributed by atoms with Crippen molar-refractivity contribution >= 4 is 11.5 Å². The van der Waals surface area contributed by atoms with Crippen molar-refractivity contribution in [3.8, 4) is 0 Å². The number of hydrogen-bond donors (Lipinski definition) is 1. The van der Waals surface area contributed by atoms with Crippen molar-refractivity contribution in [2.24, 2.45) is 0 Å². The summed E-state index contributed by atoms with van der Waals surface area (Å²) in [6.07, 6.45) is 4.70. The predicted octanol–water partition coefficient (Wildman–Crippen LogP) is 2.26. The molecule has 2 rings (SSSR count). The molecule has 0 bridgehead atoms. The molecule has 0 saturated carbocycles. The van der Waals surface area contributed by atoms with E-state index < -0.39 is 0 Å². The molecule has 1 atom stereocenters. The summed E-state index contributed by atoms with van der Waals surface area (Å²) in [5, 5.41) is 4.40. The lowest BCUT2D eigenvalue weighted by atomic mass is 10.1. The van der Waals surface area contributed by atoms with Gasteiger partial charge in [-0.25, -0.2) is 0 Å². The van der Waals surface area contributed by atoms with Gasteiger partial charge in [-0.05, 0) is 31.5 Å². The number of anilines is 1. The first-order valence-electron chi connectivity index (χ1n) is 6.39. The summed E-state index contributed by atoms with van der Waals surface area (Å²) in [6.45, 7) is 4.20. The minimum Gasteiger partial charge on any atom is -0.397 e. The zero-order chi connectivity index (χ0) is 13.8. The Labute approximate surface area is 112 Å². The molecule has 1 unspecified atom stereocenters. The maximum absolute atomic E-state index is 12.1. The van der Waals surface area contributed by atoms with Crippen molar-refractivity contribution in [1.29, 1.82) is 0 Å². The number of hydrogen-bond acceptors (Lipinski definition) is 4. The second kappa shape index (κ2) is 5.65. The van der Waals surface area contributed by atoms with Crippen LogP contribution >= 0.6 is 0 Å². The van der Waals surface area contributed by atoms with Gasteiger partial charge >= 0.3 is 0 Å². The van der Waals surface area contributed by atoms with E-state index in [2.05, 4.69) is 23.9 Å². The molecule has 0 spiro atoms. The Kier molecular flexibility index (Phi) is 3.94. The Morgan fingerprint density at radius 2 is 2.26 bits per heavy atom. The third-order valence-electron chi connectivity index (χ3n) is 3.15. The van der Waals surface area contributed by atoms with Crippen molar-refractivity contribution in [1.82, 2.24) is 14.8 Å². The summed E-state index contributed by atoms with van der Waals surface area (Å²) in [7, 11) is 0. The largest absolute Gasteiger partial charge is 0.397 e. The number of nitrogen functional groups attached to an aromatic ring is 1. The molecule has 2 heterocycles. The standard InChI is InChI=1S/C14H18N4O/c1-3-10(2)18-8-6-11(17-18)9-13(19)14-12(15)5-4-7-16-14/h4-8,10H,3,9,15H2,1-2H3. The van der Waals surface area contributed by atoms with Gasteiger partial charge in [0.15, 0.2) is 5.78 Å². The number of rotatable bonds is 5. The molecule has 5 heteroatoms. The van der Waals surface area contributed by atoms with Gasteiger partial charge in [0, 0.05) is 18.4 Å². The van der Waals surface area contributed by atoms with Gasteiger partial charge in [-0.2, -0.15) is 5.10 Å². The fraction of sp³-hybridized carbons (Fsp3) is 0.357. The van der Waals surface area contributed by atoms with Crippen molar-refractivity contribution in [2.45, 2.75) is 32.7 Å². The van der Waals surface area contributed by atoms with E-state index in [1.807, 2.05) is 16.9 Å². The SMILES string of the molecule is CCC(C)n1ccc(CC(=O)c2ncccc2N)n1. The van der Waals surface area contributed by atoms with Crippen LogP contribution in [-0.4, -0.2) is 20.5 Å². The van der Waals surface area contributed by atoms with E-state index in [1.54, 1.807) is 18.3 Å². The molecule has 0 aliphatic heterocycles. The highest BCUT2D eigenvalue weighted by molar-refractivity contribution is 5.99. The monoisotopic (exact) mass is 258 g/mol. The van der Waals surface area contributed by atoms with Crippen LogP contribution in [0, 0.1) is 0 Å². The zero-order valence-electron chi connectivity index (χ0n) is 11.2. The van der Waals surface area contributed by atoms with E-state index in [0.29, 0.717) is 17.4 Å². The minimum absolute atomic E-state index is 0.104. The van der Waals surface area contributed by atoms with Gasteiger partial charge < -0.3 is 5.73 Å². The fourth-order valence-corrected chi connectivity index (χ4v) is 1.80. The first kappa shape index (κ1) is 13.3. The summed E-state index contributed by atoms with van der Waals surface area (Å²) in [5.41, 5.74) is 7.22. The first-order chi connectivity index (χ1) is 9.11. The van der Waals surface area contributed by atoms with Crippen molar-refractivity contribution in [3.05, 3.63) is 42.0 Å². The highest BCUT2D eigenvalue weighted by atomic mass is 16.1. The van der Waals surface area contributed by atoms with E-state index in [4.69, 9.17) is 5.73 Å². The molecule has 2 aromatic heterocycles. The number of Topliss-reactive ketones (excluding diaryl/α,β-unsaturated/α-hetero) is 1. The molecule has 0 amide bonds. The first-order valence-corrected chi connectivity index (χ1v) is 6.39. The van der Waals surface area contributed by atoms with Crippen molar-refractivity contribution in [2.75, 3.05) is 5.73 Å². The van der Waals surface area contributed by atoms with Crippen LogP contribution < -0.4 is 5.73 Å². The Bertz CT molecular complexity index is 576. The van der Waals surface area contributed by atoms with Crippen molar-refractivity contribution in [3.63, 3.8) is 0 Å². The van der Waals surface area contributed by atoms with Crippen LogP contribution in [0.4, 0.5) is 5.69 Å². The van der Waals surface area contributed by atoms with Gasteiger partial charge in [-0.3, -0.25) is 14.5 Å². The number of nitrogens with zero attached hydrogens (tertiary/aromatic N) is 3. The van der Waals surface area contributed by atoms with E-state index in [-0.39, 0.29) is 12.2 Å². The quantitative estimate of drug-likeness (QED) is 0.835. The highest BCUT2D eigenvalue weighted by Crippen LogP contribution is 2.13. The molecule has 0 aliphatic rings. The molecule has 2 aromatic rings. The molecule has 0 saturated heterocycles. The van der Waals surface area contributed by atoms with Crippen LogP contribution in [0.5, 0.6) is 0 Å². The minimum atomic E-state index is -0.104. The van der Waals surface area contributed by atoms with E-state index >= 15 is 0 Å². The molecule has 0 fully saturated rings. The maximum Gasteiger partial charge on any atom is 0.189 e. The third-order valence-corrected chi connectivity index (χ3v) is 3.15. The van der Waals surface area contributed by atoms with Gasteiger partial charge in [0.25, 0.3) is 0 Å². The van der Waals surface area contributed by atoms with E-state index in [1.165, 1.54) is 0 Å². The average molecular weight is 258 g/mol. The summed E-state index contributed by atoms with van der Waals surface area (Å²) >= 11 is 0. The zero-order valence-corrected chi connectivity index (χ0v) is 11.2. The lowest BCUT2D eigenvalue weighted by molar-refractivity contribution is 0.0988. The predicted molar refractivity (Wildman–Crippen MR) is 73.9 cm³/mol. The highest BCUT2D eigenvalue weighted by Gasteiger charge is 2.14. The molecular weight excluding hydrogens is 240 g/mol. The Balaban J connectivity index is 2.11. The summed E-state index contributed by atoms with van der Waals surface area (Å²) in [6, 6.07) is 5.59. The van der Waals surface area contributed by atoms with Gasteiger partial charge in [0.05, 0.1) is 17.8 Å². The van der Waals surface area contributed by atoms with Gasteiger partial charge in [0.1, 0.15) is 5.69 Å². The van der Waals surface area contributed by atoms with Crippen LogP contribution in [0.25, 0.3) is 0 Å². The lowest BCUT2D eigenvalue weighted by Gasteiger charge is -2.08. The van der Waals surface area contributed by atoms with Gasteiger partial charge in [-0.15, -0.1) is 0 Å². The average Bonchev–Trinajstić information content (AvgIpc) is 2.86. The van der Waals surface area contributed by atoms with Gasteiger partial charge in [-0.1, -0.05) is 6.92 Å². The topological polar surface area (TPSA) is 73.8 Å². The smallest absolute Gasteiger partial charge is 0.189 e. The molecule has 0 aliphatic carbocycles. The molecule has 19 heavy (non-hydrogen) atoms. The molecule has 2 N–H and O–H groups in total. The Morgan fingerprint density at radius 1 is 1.47 bits per heavy atom. The number of carbonyl (C=O) groups is 1. The molecule has 100 valence electrons. The van der Waals surface area contributed by atoms with Crippen LogP contribution in [-0.2, 0) is 6.42 Å². The van der Waals surface area contributed by atoms with Crippen LogP contribution in [0.1, 0.15) is 42.5 Å². The second-order valence-corrected chi connectivity index (χ2v) is 4.59. The van der Waals surface area contributed by atoms with Crippen LogP contribution in [0.15, 0.2) is 30.6 Å². The number of aromatic nitrogens is 3. The molecule has 0 aromatic carbocycles. The number of nitrogens with two attached hydrogens (primary N) is 1. The second-order valence-electron chi connectivity index (χ2n) is 4.59. The van der Waals surface area contributed by atoms with E-state index in [0.717, 1.165) is 12.1 Å². The van der Waals surface area contributed by atoms with Crippen LogP contribution in [0.3, 0.4) is 0 Å². The lowest BCUT2D eigenvalue weighted by Crippen LogP contribution is -2.10. The number of carbonyl (C=O) groups excluding carboxylic acids is 1. The number of ketones is 1. The Hall–Kier alpha value is -2.17. The fourth-order valence-electron chi connectivity index (χ4n) is 1.80. The summed E-state index contributed by atoms with van der Waals surface area (Å²) in [4.78, 5) is 16.1. The van der Waals surface area contributed by atoms with E-state index in [9.17, 15) is 4.79 Å². The molecule has 5 nitrogen and oxygen atoms in total. The number of pyridine rings is 1. The van der Waals surface area contributed by atoms with Gasteiger partial charge in [0.2, 0.25) is 0 Å². The summed E-state index contributed by atoms with van der Waals surface area (Å²) in [5.74, 6) is -0.104.